The molecule has 0 amide bonds. The Balaban J connectivity index is 2.45. The maximum atomic E-state index is 4.68. The minimum Gasteiger partial charge on any atom is -0.331 e. The SMILES string of the molecule is CCCc1nc2cc(CNC)ccc2n1C. The summed E-state index contributed by atoms with van der Waals surface area (Å²) in [7, 11) is 4.06. The molecule has 2 rings (SSSR count). The first-order valence-electron chi connectivity index (χ1n) is 5.85. The minimum absolute atomic E-state index is 0.898. The van der Waals surface area contributed by atoms with E-state index in [0.717, 1.165) is 24.9 Å². The summed E-state index contributed by atoms with van der Waals surface area (Å²) in [5.41, 5.74) is 3.62. The van der Waals surface area contributed by atoms with Crippen LogP contribution in [0.2, 0.25) is 0 Å². The van der Waals surface area contributed by atoms with Crippen LogP contribution in [0, 0.1) is 0 Å². The van der Waals surface area contributed by atoms with Crippen LogP contribution in [-0.4, -0.2) is 16.6 Å². The van der Waals surface area contributed by atoms with E-state index in [9.17, 15) is 0 Å². The molecule has 1 aromatic carbocycles. The Hall–Kier alpha value is -1.35. The number of hydrogen-bond donors (Lipinski definition) is 1. The molecule has 0 fully saturated rings. The van der Waals surface area contributed by atoms with Gasteiger partial charge in [-0.1, -0.05) is 13.0 Å². The molecule has 0 spiro atoms. The molecule has 0 radical (unpaired) electrons. The lowest BCUT2D eigenvalue weighted by molar-refractivity contribution is 0.773. The molecule has 16 heavy (non-hydrogen) atoms. The largest absolute Gasteiger partial charge is 0.331 e. The van der Waals surface area contributed by atoms with Crippen molar-refractivity contribution < 1.29 is 0 Å². The summed E-state index contributed by atoms with van der Waals surface area (Å²) < 4.78 is 2.20. The van der Waals surface area contributed by atoms with E-state index in [1.807, 2.05) is 7.05 Å². The Morgan fingerprint density at radius 3 is 2.88 bits per heavy atom. The van der Waals surface area contributed by atoms with Crippen molar-refractivity contribution >= 4 is 11.0 Å². The van der Waals surface area contributed by atoms with Gasteiger partial charge in [0.25, 0.3) is 0 Å². The van der Waals surface area contributed by atoms with E-state index in [0.29, 0.717) is 0 Å². The molecule has 0 aliphatic rings. The summed E-state index contributed by atoms with van der Waals surface area (Å²) >= 11 is 0. The van der Waals surface area contributed by atoms with Gasteiger partial charge in [0, 0.05) is 20.0 Å². The zero-order valence-electron chi connectivity index (χ0n) is 10.2. The topological polar surface area (TPSA) is 29.9 Å². The molecular formula is C13H19N3. The average Bonchev–Trinajstić information content (AvgIpc) is 2.57. The molecule has 0 unspecified atom stereocenters. The summed E-state index contributed by atoms with van der Waals surface area (Å²) in [6.45, 7) is 3.08. The zero-order valence-corrected chi connectivity index (χ0v) is 10.2. The highest BCUT2D eigenvalue weighted by atomic mass is 15.1. The molecule has 3 nitrogen and oxygen atoms in total. The van der Waals surface area contributed by atoms with Crippen LogP contribution in [0.15, 0.2) is 18.2 Å². The van der Waals surface area contributed by atoms with Gasteiger partial charge in [-0.2, -0.15) is 0 Å². The number of aromatic nitrogens is 2. The molecular weight excluding hydrogens is 198 g/mol. The van der Waals surface area contributed by atoms with Gasteiger partial charge in [-0.25, -0.2) is 4.98 Å². The van der Waals surface area contributed by atoms with Crippen LogP contribution < -0.4 is 5.32 Å². The average molecular weight is 217 g/mol. The van der Waals surface area contributed by atoms with E-state index in [2.05, 4.69) is 47.0 Å². The molecule has 0 atom stereocenters. The lowest BCUT2D eigenvalue weighted by Gasteiger charge is -2.01. The Morgan fingerprint density at radius 1 is 1.38 bits per heavy atom. The van der Waals surface area contributed by atoms with Gasteiger partial charge in [0.1, 0.15) is 5.82 Å². The maximum Gasteiger partial charge on any atom is 0.109 e. The lowest BCUT2D eigenvalue weighted by atomic mass is 10.2. The van der Waals surface area contributed by atoms with Crippen molar-refractivity contribution in [3.63, 3.8) is 0 Å². The quantitative estimate of drug-likeness (QED) is 0.851. The van der Waals surface area contributed by atoms with Gasteiger partial charge in [0.2, 0.25) is 0 Å². The Bertz CT molecular complexity index is 485. The zero-order chi connectivity index (χ0) is 11.5. The summed E-state index contributed by atoms with van der Waals surface area (Å²) in [5.74, 6) is 1.18. The second kappa shape index (κ2) is 4.66. The monoisotopic (exact) mass is 217 g/mol. The number of aryl methyl sites for hydroxylation is 2. The highest BCUT2D eigenvalue weighted by molar-refractivity contribution is 5.76. The molecule has 0 bridgehead atoms. The van der Waals surface area contributed by atoms with Crippen LogP contribution >= 0.6 is 0 Å². The van der Waals surface area contributed by atoms with Crippen LogP contribution in [0.5, 0.6) is 0 Å². The predicted octanol–water partition coefficient (Wildman–Crippen LogP) is 2.25. The molecule has 0 saturated carbocycles. The van der Waals surface area contributed by atoms with E-state index in [4.69, 9.17) is 0 Å². The first-order chi connectivity index (χ1) is 7.76. The molecule has 86 valence electrons. The van der Waals surface area contributed by atoms with Gasteiger partial charge < -0.3 is 9.88 Å². The summed E-state index contributed by atoms with van der Waals surface area (Å²) in [5, 5.41) is 3.16. The van der Waals surface area contributed by atoms with Gasteiger partial charge in [0.15, 0.2) is 0 Å². The summed E-state index contributed by atoms with van der Waals surface area (Å²) in [4.78, 5) is 4.68. The standard InChI is InChI=1S/C13H19N3/c1-4-5-13-15-11-8-10(9-14-2)6-7-12(11)16(13)3/h6-8,14H,4-5,9H2,1-3H3. The third-order valence-corrected chi connectivity index (χ3v) is 2.89. The van der Waals surface area contributed by atoms with Gasteiger partial charge in [-0.15, -0.1) is 0 Å². The van der Waals surface area contributed by atoms with Crippen LogP contribution in [0.3, 0.4) is 0 Å². The first-order valence-corrected chi connectivity index (χ1v) is 5.85. The van der Waals surface area contributed by atoms with Crippen molar-refractivity contribution in [1.82, 2.24) is 14.9 Å². The summed E-state index contributed by atoms with van der Waals surface area (Å²) in [6.07, 6.45) is 2.19. The fourth-order valence-electron chi connectivity index (χ4n) is 2.06. The highest BCUT2D eigenvalue weighted by Crippen LogP contribution is 2.17. The molecule has 0 aliphatic carbocycles. The number of fused-ring (bicyclic) bond motifs is 1. The normalized spacial score (nSPS) is 11.2. The van der Waals surface area contributed by atoms with Crippen LogP contribution in [0.1, 0.15) is 24.7 Å². The van der Waals surface area contributed by atoms with Gasteiger partial charge >= 0.3 is 0 Å². The number of nitrogens with zero attached hydrogens (tertiary/aromatic N) is 2. The van der Waals surface area contributed by atoms with Crippen molar-refractivity contribution in [3.8, 4) is 0 Å². The number of hydrogen-bond acceptors (Lipinski definition) is 2. The first kappa shape index (κ1) is 11.1. The fourth-order valence-corrected chi connectivity index (χ4v) is 2.06. The molecule has 0 aliphatic heterocycles. The number of benzene rings is 1. The van der Waals surface area contributed by atoms with E-state index >= 15 is 0 Å². The third kappa shape index (κ3) is 1.95. The highest BCUT2D eigenvalue weighted by Gasteiger charge is 2.06. The van der Waals surface area contributed by atoms with Crippen molar-refractivity contribution in [3.05, 3.63) is 29.6 Å². The lowest BCUT2D eigenvalue weighted by Crippen LogP contribution is -2.04. The second-order valence-electron chi connectivity index (χ2n) is 4.19. The molecule has 1 heterocycles. The van der Waals surface area contributed by atoms with Gasteiger partial charge in [0.05, 0.1) is 11.0 Å². The van der Waals surface area contributed by atoms with Gasteiger partial charge in [-0.3, -0.25) is 0 Å². The second-order valence-corrected chi connectivity index (χ2v) is 4.19. The van der Waals surface area contributed by atoms with Crippen molar-refractivity contribution in [2.45, 2.75) is 26.3 Å². The molecule has 2 aromatic rings. The van der Waals surface area contributed by atoms with Crippen LogP contribution in [0.25, 0.3) is 11.0 Å². The molecule has 1 N–H and O–H groups in total. The number of rotatable bonds is 4. The van der Waals surface area contributed by atoms with Crippen LogP contribution in [-0.2, 0) is 20.0 Å². The van der Waals surface area contributed by atoms with Crippen LogP contribution in [0.4, 0.5) is 0 Å². The Labute approximate surface area is 96.5 Å². The van der Waals surface area contributed by atoms with Crippen molar-refractivity contribution in [2.75, 3.05) is 7.05 Å². The number of nitrogens with one attached hydrogen (secondary N) is 1. The minimum atomic E-state index is 0.898. The third-order valence-electron chi connectivity index (χ3n) is 2.89. The van der Waals surface area contributed by atoms with Crippen molar-refractivity contribution in [1.29, 1.82) is 0 Å². The molecule has 0 saturated heterocycles. The summed E-state index contributed by atoms with van der Waals surface area (Å²) in [6, 6.07) is 6.50. The van der Waals surface area contributed by atoms with E-state index in [1.54, 1.807) is 0 Å². The molecule has 3 heteroatoms. The fraction of sp³-hybridized carbons (Fsp3) is 0.462. The van der Waals surface area contributed by atoms with E-state index in [1.165, 1.54) is 16.9 Å². The van der Waals surface area contributed by atoms with E-state index in [-0.39, 0.29) is 0 Å². The maximum absolute atomic E-state index is 4.68. The Morgan fingerprint density at radius 2 is 2.19 bits per heavy atom. The van der Waals surface area contributed by atoms with E-state index < -0.39 is 0 Å². The van der Waals surface area contributed by atoms with Gasteiger partial charge in [-0.05, 0) is 31.2 Å². The molecule has 1 aromatic heterocycles. The van der Waals surface area contributed by atoms with Crippen molar-refractivity contribution in [2.24, 2.45) is 7.05 Å². The smallest absolute Gasteiger partial charge is 0.109 e. The Kier molecular flexibility index (Phi) is 3.25. The number of imidazole rings is 1. The predicted molar refractivity (Wildman–Crippen MR) is 67.5 cm³/mol.